The number of rotatable bonds is 3. The van der Waals surface area contributed by atoms with E-state index in [4.69, 9.17) is 0 Å². The second-order valence-electron chi connectivity index (χ2n) is 3.18. The van der Waals surface area contributed by atoms with E-state index in [2.05, 4.69) is 9.84 Å². The number of hydrazine groups is 1. The van der Waals surface area contributed by atoms with E-state index in [1.807, 2.05) is 5.32 Å². The molecule has 0 spiro atoms. The molecule has 0 unspecified atom stereocenters. The molecule has 0 radical (unpaired) electrons. The summed E-state index contributed by atoms with van der Waals surface area (Å²) >= 11 is 0. The maximum absolute atomic E-state index is 11.4. The van der Waals surface area contributed by atoms with Gasteiger partial charge in [0, 0.05) is 14.1 Å². The highest BCUT2D eigenvalue weighted by atomic mass is 16.6. The highest BCUT2D eigenvalue weighted by Gasteiger charge is 2.18. The minimum atomic E-state index is -0.863. The van der Waals surface area contributed by atoms with Crippen molar-refractivity contribution in [2.24, 2.45) is 0 Å². The summed E-state index contributed by atoms with van der Waals surface area (Å²) in [6, 6.07) is 1.37. The van der Waals surface area contributed by atoms with Gasteiger partial charge in [-0.2, -0.15) is 0 Å². The normalized spacial score (nSPS) is 10.1. The number of hydrogen-bond acceptors (Lipinski definition) is 6. The number of nitro groups is 1. The second-order valence-corrected chi connectivity index (χ2v) is 3.18. The Morgan fingerprint density at radius 2 is 2.06 bits per heavy atom. The summed E-state index contributed by atoms with van der Waals surface area (Å²) in [5, 5.41) is 13.6. The lowest BCUT2D eigenvalue weighted by Gasteiger charge is -2.11. The molecular formula is C8H10N4O5. The number of urea groups is 1. The molecule has 1 rings (SSSR count). The van der Waals surface area contributed by atoms with Crippen molar-refractivity contribution < 1.29 is 18.9 Å². The second kappa shape index (κ2) is 5.07. The van der Waals surface area contributed by atoms with E-state index < -0.39 is 22.7 Å². The van der Waals surface area contributed by atoms with E-state index in [0.29, 0.717) is 0 Å². The molecular weight excluding hydrogens is 232 g/mol. The zero-order valence-electron chi connectivity index (χ0n) is 9.09. The number of nitrogens with one attached hydrogen (secondary N) is 2. The van der Waals surface area contributed by atoms with Gasteiger partial charge in [-0.1, -0.05) is 0 Å². The third kappa shape index (κ3) is 3.57. The first kappa shape index (κ1) is 12.6. The number of carbonyl (C=O) groups is 2. The van der Waals surface area contributed by atoms with Crippen LogP contribution in [0, 0.1) is 10.1 Å². The number of hydrogen-bond donors (Lipinski definition) is 2. The summed E-state index contributed by atoms with van der Waals surface area (Å²) in [6.45, 7) is 0. The quantitative estimate of drug-likeness (QED) is 0.573. The van der Waals surface area contributed by atoms with Crippen molar-refractivity contribution >= 4 is 17.8 Å². The molecule has 2 N–H and O–H groups in total. The topological polar surface area (TPSA) is 118 Å². The fourth-order valence-corrected chi connectivity index (χ4v) is 0.944. The number of furan rings is 1. The first-order valence-electron chi connectivity index (χ1n) is 4.43. The van der Waals surface area contributed by atoms with Crippen molar-refractivity contribution in [3.05, 3.63) is 28.0 Å². The highest BCUT2D eigenvalue weighted by molar-refractivity contribution is 6.02. The number of nitrogens with zero attached hydrogens (tertiary/aromatic N) is 2. The van der Waals surface area contributed by atoms with Crippen LogP contribution in [0.4, 0.5) is 10.7 Å². The SMILES string of the molecule is CN(C)NC(=O)NC(=O)c1ccc([N+](=O)[O-])o1. The summed E-state index contributed by atoms with van der Waals surface area (Å²) in [7, 11) is 3.11. The molecule has 0 aliphatic rings. The third-order valence-corrected chi connectivity index (χ3v) is 1.55. The lowest BCUT2D eigenvalue weighted by Crippen LogP contribution is -2.45. The zero-order valence-corrected chi connectivity index (χ0v) is 9.09. The van der Waals surface area contributed by atoms with Crippen molar-refractivity contribution in [1.29, 1.82) is 0 Å². The fraction of sp³-hybridized carbons (Fsp3) is 0.250. The molecule has 0 saturated carbocycles. The first-order valence-corrected chi connectivity index (χ1v) is 4.43. The van der Waals surface area contributed by atoms with Gasteiger partial charge in [-0.3, -0.25) is 25.7 Å². The molecule has 3 amide bonds. The van der Waals surface area contributed by atoms with Crippen molar-refractivity contribution in [3.8, 4) is 0 Å². The molecule has 0 aliphatic carbocycles. The van der Waals surface area contributed by atoms with Crippen LogP contribution in [-0.2, 0) is 0 Å². The van der Waals surface area contributed by atoms with Gasteiger partial charge >= 0.3 is 11.9 Å². The van der Waals surface area contributed by atoms with Gasteiger partial charge in [-0.05, 0) is 6.07 Å². The number of amides is 3. The molecule has 92 valence electrons. The van der Waals surface area contributed by atoms with Crippen LogP contribution in [0.25, 0.3) is 0 Å². The Bertz CT molecular complexity index is 453. The van der Waals surface area contributed by atoms with Crippen LogP contribution in [-0.4, -0.2) is 36.0 Å². The predicted octanol–water partition coefficient (Wildman–Crippen LogP) is 0.104. The zero-order chi connectivity index (χ0) is 13.0. The Balaban J connectivity index is 2.63. The monoisotopic (exact) mass is 242 g/mol. The molecule has 0 aromatic carbocycles. The molecule has 9 nitrogen and oxygen atoms in total. The van der Waals surface area contributed by atoms with Gasteiger partial charge in [0.25, 0.3) is 5.91 Å². The van der Waals surface area contributed by atoms with Crippen LogP contribution < -0.4 is 10.7 Å². The standard InChI is InChI=1S/C8H10N4O5/c1-11(2)10-8(14)9-7(13)5-3-4-6(17-5)12(15)16/h3-4H,1-2H3,(H2,9,10,13,14). The Labute approximate surface area is 95.5 Å². The Hall–Kier alpha value is -2.42. The van der Waals surface area contributed by atoms with E-state index in [1.54, 1.807) is 14.1 Å². The molecule has 0 bridgehead atoms. The van der Waals surface area contributed by atoms with Gasteiger partial charge in [0.2, 0.25) is 0 Å². The van der Waals surface area contributed by atoms with Crippen LogP contribution in [0.2, 0.25) is 0 Å². The summed E-state index contributed by atoms with van der Waals surface area (Å²) in [4.78, 5) is 32.0. The van der Waals surface area contributed by atoms with Gasteiger partial charge in [-0.25, -0.2) is 9.80 Å². The summed E-state index contributed by atoms with van der Waals surface area (Å²) in [6.07, 6.45) is 0. The Morgan fingerprint density at radius 1 is 1.41 bits per heavy atom. The van der Waals surface area contributed by atoms with E-state index in [9.17, 15) is 19.7 Å². The van der Waals surface area contributed by atoms with E-state index >= 15 is 0 Å². The van der Waals surface area contributed by atoms with Crippen LogP contribution in [0.3, 0.4) is 0 Å². The van der Waals surface area contributed by atoms with Crippen LogP contribution >= 0.6 is 0 Å². The molecule has 17 heavy (non-hydrogen) atoms. The van der Waals surface area contributed by atoms with Gasteiger partial charge in [0.05, 0.1) is 6.07 Å². The van der Waals surface area contributed by atoms with E-state index in [0.717, 1.165) is 12.1 Å². The average molecular weight is 242 g/mol. The fourth-order valence-electron chi connectivity index (χ4n) is 0.944. The van der Waals surface area contributed by atoms with E-state index in [-0.39, 0.29) is 5.76 Å². The predicted molar refractivity (Wildman–Crippen MR) is 55.0 cm³/mol. The van der Waals surface area contributed by atoms with Crippen LogP contribution in [0.5, 0.6) is 0 Å². The average Bonchev–Trinajstić information content (AvgIpc) is 2.64. The Morgan fingerprint density at radius 3 is 2.53 bits per heavy atom. The highest BCUT2D eigenvalue weighted by Crippen LogP contribution is 2.15. The first-order chi connectivity index (χ1) is 7.90. The molecule has 1 aromatic rings. The van der Waals surface area contributed by atoms with Gasteiger partial charge in [-0.15, -0.1) is 0 Å². The third-order valence-electron chi connectivity index (χ3n) is 1.55. The molecule has 9 heteroatoms. The van der Waals surface area contributed by atoms with Crippen molar-refractivity contribution in [1.82, 2.24) is 15.8 Å². The minimum absolute atomic E-state index is 0.314. The van der Waals surface area contributed by atoms with Crippen LogP contribution in [0.1, 0.15) is 10.6 Å². The maximum Gasteiger partial charge on any atom is 0.433 e. The summed E-state index contributed by atoms with van der Waals surface area (Å²) < 4.78 is 4.61. The number of imide groups is 1. The molecule has 0 fully saturated rings. The minimum Gasteiger partial charge on any atom is -0.395 e. The molecule has 0 atom stereocenters. The summed E-state index contributed by atoms with van der Waals surface area (Å²) in [5.41, 5.74) is 2.26. The van der Waals surface area contributed by atoms with E-state index in [1.165, 1.54) is 5.01 Å². The molecule has 1 heterocycles. The number of carbonyl (C=O) groups excluding carboxylic acids is 2. The van der Waals surface area contributed by atoms with Crippen LogP contribution in [0.15, 0.2) is 16.5 Å². The smallest absolute Gasteiger partial charge is 0.395 e. The lowest BCUT2D eigenvalue weighted by atomic mass is 10.4. The lowest BCUT2D eigenvalue weighted by molar-refractivity contribution is -0.402. The largest absolute Gasteiger partial charge is 0.433 e. The van der Waals surface area contributed by atoms with Gasteiger partial charge in [0.1, 0.15) is 4.92 Å². The molecule has 0 aliphatic heterocycles. The molecule has 0 saturated heterocycles. The van der Waals surface area contributed by atoms with Gasteiger partial charge < -0.3 is 4.42 Å². The molecule has 1 aromatic heterocycles. The van der Waals surface area contributed by atoms with Crippen molar-refractivity contribution in [2.45, 2.75) is 0 Å². The summed E-state index contributed by atoms with van der Waals surface area (Å²) in [5.74, 6) is -1.74. The van der Waals surface area contributed by atoms with Crippen molar-refractivity contribution in [2.75, 3.05) is 14.1 Å². The Kier molecular flexibility index (Phi) is 3.78. The van der Waals surface area contributed by atoms with Gasteiger partial charge in [0.15, 0.2) is 5.76 Å². The van der Waals surface area contributed by atoms with Crippen molar-refractivity contribution in [3.63, 3.8) is 0 Å². The maximum atomic E-state index is 11.4.